The number of guanidine groups is 1. The van der Waals surface area contributed by atoms with Crippen LogP contribution in [0.4, 0.5) is 10.2 Å². The molecule has 1 fully saturated rings. The summed E-state index contributed by atoms with van der Waals surface area (Å²) in [6.45, 7) is 3.84. The van der Waals surface area contributed by atoms with Crippen LogP contribution in [0.25, 0.3) is 0 Å². The number of anilines is 1. The van der Waals surface area contributed by atoms with Crippen LogP contribution in [0.1, 0.15) is 18.4 Å². The molecule has 0 bridgehead atoms. The van der Waals surface area contributed by atoms with Crippen molar-refractivity contribution < 1.29 is 9.13 Å². The van der Waals surface area contributed by atoms with Gasteiger partial charge in [0.25, 0.3) is 0 Å². The van der Waals surface area contributed by atoms with E-state index in [0.717, 1.165) is 43.2 Å². The van der Waals surface area contributed by atoms with Gasteiger partial charge in [0.2, 0.25) is 0 Å². The van der Waals surface area contributed by atoms with Crippen molar-refractivity contribution in [2.45, 2.75) is 25.4 Å². The lowest BCUT2D eigenvalue weighted by atomic mass is 10.2. The lowest BCUT2D eigenvalue weighted by Gasteiger charge is -2.20. The van der Waals surface area contributed by atoms with Gasteiger partial charge in [-0.2, -0.15) is 0 Å². The van der Waals surface area contributed by atoms with Gasteiger partial charge in [0, 0.05) is 45.5 Å². The largest absolute Gasteiger partial charge is 0.494 e. The van der Waals surface area contributed by atoms with Crippen LogP contribution in [0.15, 0.2) is 47.6 Å². The smallest absolute Gasteiger partial charge is 0.191 e. The number of hydrogen-bond donors (Lipinski definition) is 2. The second kappa shape index (κ2) is 13.4. The maximum absolute atomic E-state index is 14.0. The van der Waals surface area contributed by atoms with Crippen LogP contribution < -0.4 is 20.3 Å². The summed E-state index contributed by atoms with van der Waals surface area (Å²) < 4.78 is 19.8. The molecule has 9 heteroatoms. The van der Waals surface area contributed by atoms with E-state index in [4.69, 9.17) is 4.74 Å². The van der Waals surface area contributed by atoms with E-state index >= 15 is 0 Å². The van der Waals surface area contributed by atoms with Gasteiger partial charge in [-0.1, -0.05) is 12.1 Å². The quantitative estimate of drug-likeness (QED) is 0.214. The summed E-state index contributed by atoms with van der Waals surface area (Å²) >= 11 is 0. The summed E-state index contributed by atoms with van der Waals surface area (Å²) in [7, 11) is 5.88. The number of benzene rings is 1. The second-order valence-electron chi connectivity index (χ2n) is 7.96. The molecule has 1 aromatic heterocycles. The Bertz CT molecular complexity index is 849. The third-order valence-corrected chi connectivity index (χ3v) is 5.19. The molecule has 0 spiro atoms. The zero-order chi connectivity index (χ0) is 22.1. The van der Waals surface area contributed by atoms with Crippen molar-refractivity contribution >= 4 is 35.8 Å². The number of nitrogens with zero attached hydrogens (tertiary/aromatic N) is 4. The molecule has 2 aromatic rings. The first-order chi connectivity index (χ1) is 15.0. The average Bonchev–Trinajstić information content (AvgIpc) is 3.23. The molecule has 0 saturated carbocycles. The van der Waals surface area contributed by atoms with Gasteiger partial charge < -0.3 is 25.2 Å². The first-order valence-electron chi connectivity index (χ1n) is 10.7. The molecule has 1 aromatic carbocycles. The third kappa shape index (κ3) is 8.09. The number of halogens is 2. The van der Waals surface area contributed by atoms with Crippen LogP contribution in [0.2, 0.25) is 0 Å². The average molecular weight is 556 g/mol. The van der Waals surface area contributed by atoms with Crippen molar-refractivity contribution in [2.75, 3.05) is 52.3 Å². The Hall–Kier alpha value is -2.14. The fraction of sp³-hybridized carbons (Fsp3) is 0.478. The maximum Gasteiger partial charge on any atom is 0.191 e. The summed E-state index contributed by atoms with van der Waals surface area (Å²) in [6.07, 6.45) is 3.53. The SMILES string of the molecule is CN=C(NCc1ccc(OCCCN(C)C)cc1)NC1CCN(c2ncccc2F)C1.I. The summed E-state index contributed by atoms with van der Waals surface area (Å²) in [5, 5.41) is 6.78. The molecule has 0 radical (unpaired) electrons. The van der Waals surface area contributed by atoms with Crippen molar-refractivity contribution in [3.63, 3.8) is 0 Å². The van der Waals surface area contributed by atoms with Crippen molar-refractivity contribution in [2.24, 2.45) is 4.99 Å². The Morgan fingerprint density at radius 2 is 2.06 bits per heavy atom. The molecule has 1 unspecified atom stereocenters. The fourth-order valence-corrected chi connectivity index (χ4v) is 3.53. The topological polar surface area (TPSA) is 65.0 Å². The van der Waals surface area contributed by atoms with Crippen molar-refractivity contribution in [1.29, 1.82) is 0 Å². The number of aliphatic imine (C=N–C) groups is 1. The number of ether oxygens (including phenoxy) is 1. The molecule has 1 aliphatic heterocycles. The van der Waals surface area contributed by atoms with E-state index in [1.165, 1.54) is 6.07 Å². The van der Waals surface area contributed by atoms with E-state index in [9.17, 15) is 4.39 Å². The van der Waals surface area contributed by atoms with Gasteiger partial charge in [-0.15, -0.1) is 24.0 Å². The minimum atomic E-state index is -0.282. The standard InChI is InChI=1S/C23H33FN6O.HI/c1-25-23(28-19-11-14-30(17-19)22-21(24)6-4-12-26-22)27-16-18-7-9-20(10-8-18)31-15-5-13-29(2)3;/h4,6-10,12,19H,5,11,13-17H2,1-3H3,(H2,25,27,28);1H. The fourth-order valence-electron chi connectivity index (χ4n) is 3.53. The Labute approximate surface area is 207 Å². The molecule has 0 amide bonds. The Balaban J connectivity index is 0.00000363. The van der Waals surface area contributed by atoms with Crippen molar-refractivity contribution in [3.8, 4) is 5.75 Å². The number of pyridine rings is 1. The molecule has 2 N–H and O–H groups in total. The van der Waals surface area contributed by atoms with E-state index in [0.29, 0.717) is 25.5 Å². The van der Waals surface area contributed by atoms with Crippen LogP contribution in [-0.4, -0.2) is 69.3 Å². The van der Waals surface area contributed by atoms with Crippen molar-refractivity contribution in [1.82, 2.24) is 20.5 Å². The van der Waals surface area contributed by atoms with Gasteiger partial charge in [-0.05, 0) is 56.8 Å². The molecule has 176 valence electrons. The van der Waals surface area contributed by atoms with E-state index in [-0.39, 0.29) is 35.8 Å². The normalized spacial score (nSPS) is 16.1. The van der Waals surface area contributed by atoms with Gasteiger partial charge >= 0.3 is 0 Å². The van der Waals surface area contributed by atoms with Crippen LogP contribution >= 0.6 is 24.0 Å². The van der Waals surface area contributed by atoms with Crippen LogP contribution in [-0.2, 0) is 6.54 Å². The Morgan fingerprint density at radius 3 is 2.75 bits per heavy atom. The monoisotopic (exact) mass is 556 g/mol. The summed E-state index contributed by atoms with van der Waals surface area (Å²) in [5.74, 6) is 1.75. The maximum atomic E-state index is 14.0. The van der Waals surface area contributed by atoms with E-state index in [2.05, 4.69) is 51.7 Å². The van der Waals surface area contributed by atoms with Crippen LogP contribution in [0.3, 0.4) is 0 Å². The molecule has 7 nitrogen and oxygen atoms in total. The zero-order valence-electron chi connectivity index (χ0n) is 19.1. The molecule has 1 aliphatic rings. The van der Waals surface area contributed by atoms with Gasteiger partial charge in [0.05, 0.1) is 6.61 Å². The number of aromatic nitrogens is 1. The number of nitrogens with one attached hydrogen (secondary N) is 2. The number of rotatable bonds is 9. The van der Waals surface area contributed by atoms with Crippen molar-refractivity contribution in [3.05, 3.63) is 54.0 Å². The third-order valence-electron chi connectivity index (χ3n) is 5.19. The molecular weight excluding hydrogens is 522 g/mol. The first kappa shape index (κ1) is 26.1. The lowest BCUT2D eigenvalue weighted by molar-refractivity contribution is 0.281. The number of hydrogen-bond acceptors (Lipinski definition) is 5. The summed E-state index contributed by atoms with van der Waals surface area (Å²) in [4.78, 5) is 12.6. The minimum Gasteiger partial charge on any atom is -0.494 e. The van der Waals surface area contributed by atoms with Gasteiger partial charge in [-0.3, -0.25) is 4.99 Å². The van der Waals surface area contributed by atoms with Crippen LogP contribution in [0.5, 0.6) is 5.75 Å². The first-order valence-corrected chi connectivity index (χ1v) is 10.7. The van der Waals surface area contributed by atoms with Crippen LogP contribution in [0, 0.1) is 5.82 Å². The molecule has 2 heterocycles. The summed E-state index contributed by atoms with van der Waals surface area (Å²) in [5.41, 5.74) is 1.15. The Kier molecular flexibility index (Phi) is 10.9. The molecule has 32 heavy (non-hydrogen) atoms. The highest BCUT2D eigenvalue weighted by Crippen LogP contribution is 2.20. The molecule has 1 saturated heterocycles. The minimum absolute atomic E-state index is 0. The van der Waals surface area contributed by atoms with Gasteiger partial charge in [0.1, 0.15) is 5.75 Å². The highest BCUT2D eigenvalue weighted by molar-refractivity contribution is 14.0. The highest BCUT2D eigenvalue weighted by Gasteiger charge is 2.25. The Morgan fingerprint density at radius 1 is 1.28 bits per heavy atom. The van der Waals surface area contributed by atoms with Gasteiger partial charge in [0.15, 0.2) is 17.6 Å². The van der Waals surface area contributed by atoms with E-state index in [1.807, 2.05) is 17.0 Å². The zero-order valence-corrected chi connectivity index (χ0v) is 21.4. The highest BCUT2D eigenvalue weighted by atomic mass is 127. The van der Waals surface area contributed by atoms with E-state index in [1.54, 1.807) is 19.3 Å². The molecular formula is C23H34FIN6O. The molecule has 0 aliphatic carbocycles. The lowest BCUT2D eigenvalue weighted by Crippen LogP contribution is -2.44. The second-order valence-corrected chi connectivity index (χ2v) is 7.96. The van der Waals surface area contributed by atoms with E-state index < -0.39 is 0 Å². The molecule has 3 rings (SSSR count). The predicted octanol–water partition coefficient (Wildman–Crippen LogP) is 3.11. The molecule has 1 atom stereocenters. The predicted molar refractivity (Wildman–Crippen MR) is 139 cm³/mol. The van der Waals surface area contributed by atoms with Gasteiger partial charge in [-0.25, -0.2) is 9.37 Å². The summed E-state index contributed by atoms with van der Waals surface area (Å²) in [6, 6.07) is 11.4.